The lowest BCUT2D eigenvalue weighted by molar-refractivity contribution is 0.0977. The molecule has 0 aliphatic rings. The van der Waals surface area contributed by atoms with E-state index in [1.807, 2.05) is 43.5 Å². The minimum Gasteiger partial charge on any atom is -0.361 e. The van der Waals surface area contributed by atoms with E-state index >= 15 is 0 Å². The summed E-state index contributed by atoms with van der Waals surface area (Å²) in [6.45, 7) is 2.30. The van der Waals surface area contributed by atoms with Crippen molar-refractivity contribution >= 4 is 51.7 Å². The highest BCUT2D eigenvalue weighted by Crippen LogP contribution is 2.23. The van der Waals surface area contributed by atoms with Crippen LogP contribution in [-0.4, -0.2) is 23.4 Å². The van der Waals surface area contributed by atoms with E-state index in [9.17, 15) is 9.18 Å². The first-order chi connectivity index (χ1) is 15.9. The fraction of sp³-hybridized carbons (Fsp3) is 0.120. The molecule has 0 spiro atoms. The number of para-hydroxylation sites is 1. The standard InChI is InChI=1S/C25H21Cl2FN4O/c1-15-19(26)6-4-8-22(15)31-25(32-24(33)16-9-10-21(28)20(27)13-16)29-12-11-17-14-30-23-7-3-2-5-18(17)23/h2-10,13-14,30H,11-12H2,1H3,(H2,29,31,32,33). The van der Waals surface area contributed by atoms with E-state index in [-0.39, 0.29) is 16.5 Å². The van der Waals surface area contributed by atoms with Crippen molar-refractivity contribution in [3.63, 3.8) is 0 Å². The number of aromatic nitrogens is 1. The maximum atomic E-state index is 13.5. The molecule has 0 aliphatic carbocycles. The zero-order valence-corrected chi connectivity index (χ0v) is 19.3. The van der Waals surface area contributed by atoms with Crippen LogP contribution in [0.25, 0.3) is 10.9 Å². The molecular formula is C25H21Cl2FN4O. The first kappa shape index (κ1) is 22.8. The summed E-state index contributed by atoms with van der Waals surface area (Å²) in [5.41, 5.74) is 3.94. The second kappa shape index (κ2) is 10.1. The highest BCUT2D eigenvalue weighted by atomic mass is 35.5. The molecular weight excluding hydrogens is 462 g/mol. The number of H-pyrrole nitrogens is 1. The van der Waals surface area contributed by atoms with E-state index in [4.69, 9.17) is 23.2 Å². The molecule has 0 fully saturated rings. The van der Waals surface area contributed by atoms with E-state index in [1.165, 1.54) is 12.1 Å². The molecule has 33 heavy (non-hydrogen) atoms. The number of fused-ring (bicyclic) bond motifs is 1. The van der Waals surface area contributed by atoms with E-state index in [1.54, 1.807) is 6.07 Å². The number of nitrogens with zero attached hydrogens (tertiary/aromatic N) is 1. The molecule has 168 valence electrons. The van der Waals surface area contributed by atoms with Gasteiger partial charge in [0.25, 0.3) is 5.91 Å². The Morgan fingerprint density at radius 1 is 1.06 bits per heavy atom. The number of aliphatic imine (C=N–C) groups is 1. The predicted octanol–water partition coefficient (Wildman–Crippen LogP) is 6.36. The van der Waals surface area contributed by atoms with Gasteiger partial charge in [0.2, 0.25) is 5.96 Å². The van der Waals surface area contributed by atoms with Gasteiger partial charge >= 0.3 is 0 Å². The Labute approximate surface area is 200 Å². The number of rotatable bonds is 5. The van der Waals surface area contributed by atoms with Crippen LogP contribution in [0.4, 0.5) is 10.1 Å². The van der Waals surface area contributed by atoms with Gasteiger partial charge in [-0.05, 0) is 60.9 Å². The van der Waals surface area contributed by atoms with Gasteiger partial charge in [-0.25, -0.2) is 4.39 Å². The lowest BCUT2D eigenvalue weighted by Crippen LogP contribution is -2.36. The van der Waals surface area contributed by atoms with E-state index < -0.39 is 11.7 Å². The Bertz CT molecular complexity index is 1350. The maximum absolute atomic E-state index is 13.5. The number of hydrogen-bond donors (Lipinski definition) is 3. The number of nitrogens with one attached hydrogen (secondary N) is 3. The van der Waals surface area contributed by atoms with Gasteiger partial charge in [0.15, 0.2) is 0 Å². The average Bonchev–Trinajstić information content (AvgIpc) is 3.21. The fourth-order valence-corrected chi connectivity index (χ4v) is 3.78. The van der Waals surface area contributed by atoms with Gasteiger partial charge in [0, 0.05) is 39.9 Å². The number of anilines is 1. The lowest BCUT2D eigenvalue weighted by atomic mass is 10.1. The Balaban J connectivity index is 1.56. The van der Waals surface area contributed by atoms with Crippen LogP contribution < -0.4 is 10.6 Å². The van der Waals surface area contributed by atoms with Crippen molar-refractivity contribution < 1.29 is 9.18 Å². The summed E-state index contributed by atoms with van der Waals surface area (Å²) in [5.74, 6) is -0.797. The molecule has 1 heterocycles. The number of carbonyl (C=O) groups excluding carboxylic acids is 1. The molecule has 0 saturated carbocycles. The van der Waals surface area contributed by atoms with Gasteiger partial charge < -0.3 is 10.3 Å². The summed E-state index contributed by atoms with van der Waals surface area (Å²) in [4.78, 5) is 20.6. The van der Waals surface area contributed by atoms with E-state index in [0.29, 0.717) is 23.7 Å². The van der Waals surface area contributed by atoms with E-state index in [0.717, 1.165) is 28.1 Å². The SMILES string of the molecule is Cc1c(Cl)cccc1NC(=NCCc1c[nH]c2ccccc12)NC(=O)c1ccc(F)c(Cl)c1. The van der Waals surface area contributed by atoms with Gasteiger partial charge in [-0.3, -0.25) is 15.1 Å². The molecule has 1 amide bonds. The molecule has 0 saturated heterocycles. The average molecular weight is 483 g/mol. The van der Waals surface area contributed by atoms with Crippen molar-refractivity contribution in [2.45, 2.75) is 13.3 Å². The van der Waals surface area contributed by atoms with Crippen molar-refractivity contribution in [2.75, 3.05) is 11.9 Å². The Morgan fingerprint density at radius 2 is 1.88 bits per heavy atom. The summed E-state index contributed by atoms with van der Waals surface area (Å²) >= 11 is 12.1. The number of aromatic amines is 1. The molecule has 0 atom stereocenters. The number of benzene rings is 3. The molecule has 5 nitrogen and oxygen atoms in total. The van der Waals surface area contributed by atoms with Crippen molar-refractivity contribution in [1.29, 1.82) is 0 Å². The predicted molar refractivity (Wildman–Crippen MR) is 133 cm³/mol. The lowest BCUT2D eigenvalue weighted by Gasteiger charge is -2.14. The molecule has 3 aromatic carbocycles. The molecule has 0 radical (unpaired) electrons. The highest BCUT2D eigenvalue weighted by Gasteiger charge is 2.13. The first-order valence-corrected chi connectivity index (χ1v) is 11.1. The van der Waals surface area contributed by atoms with Crippen LogP contribution in [-0.2, 0) is 6.42 Å². The minimum absolute atomic E-state index is 0.126. The van der Waals surface area contributed by atoms with Gasteiger partial charge in [0.1, 0.15) is 5.82 Å². The summed E-state index contributed by atoms with van der Waals surface area (Å²) in [7, 11) is 0. The van der Waals surface area contributed by atoms with Crippen LogP contribution in [0.2, 0.25) is 10.0 Å². The molecule has 1 aromatic heterocycles. The van der Waals surface area contributed by atoms with Crippen molar-refractivity contribution in [1.82, 2.24) is 10.3 Å². The second-order valence-corrected chi connectivity index (χ2v) is 8.27. The minimum atomic E-state index is -0.589. The quantitative estimate of drug-likeness (QED) is 0.228. The molecule has 0 aliphatic heterocycles. The topological polar surface area (TPSA) is 69.3 Å². The molecule has 3 N–H and O–H groups in total. The van der Waals surface area contributed by atoms with Crippen LogP contribution in [0.15, 0.2) is 71.9 Å². The Hall–Kier alpha value is -3.35. The fourth-order valence-electron chi connectivity index (χ4n) is 3.42. The van der Waals surface area contributed by atoms with Gasteiger partial charge in [-0.15, -0.1) is 0 Å². The zero-order chi connectivity index (χ0) is 23.4. The third-order valence-corrected chi connectivity index (χ3v) is 5.96. The Morgan fingerprint density at radius 3 is 2.70 bits per heavy atom. The molecule has 8 heteroatoms. The van der Waals surface area contributed by atoms with Crippen LogP contribution >= 0.6 is 23.2 Å². The van der Waals surface area contributed by atoms with Crippen molar-refractivity contribution in [3.05, 3.63) is 99.4 Å². The molecule has 0 unspecified atom stereocenters. The number of guanidine groups is 1. The smallest absolute Gasteiger partial charge is 0.258 e. The zero-order valence-electron chi connectivity index (χ0n) is 17.8. The number of halogens is 3. The molecule has 0 bridgehead atoms. The van der Waals surface area contributed by atoms with Gasteiger partial charge in [-0.1, -0.05) is 47.5 Å². The number of hydrogen-bond acceptors (Lipinski definition) is 2. The van der Waals surface area contributed by atoms with Crippen LogP contribution in [0.5, 0.6) is 0 Å². The summed E-state index contributed by atoms with van der Waals surface area (Å²) in [5, 5.41) is 7.51. The summed E-state index contributed by atoms with van der Waals surface area (Å²) < 4.78 is 13.5. The van der Waals surface area contributed by atoms with Crippen LogP contribution in [0.1, 0.15) is 21.5 Å². The van der Waals surface area contributed by atoms with Gasteiger partial charge in [-0.2, -0.15) is 0 Å². The monoisotopic (exact) mass is 482 g/mol. The maximum Gasteiger partial charge on any atom is 0.258 e. The van der Waals surface area contributed by atoms with Crippen LogP contribution in [0, 0.1) is 12.7 Å². The summed E-state index contributed by atoms with van der Waals surface area (Å²) in [6, 6.07) is 17.3. The number of carbonyl (C=O) groups is 1. The third kappa shape index (κ3) is 5.35. The number of amides is 1. The summed E-state index contributed by atoms with van der Waals surface area (Å²) in [6.07, 6.45) is 2.63. The third-order valence-electron chi connectivity index (χ3n) is 5.26. The van der Waals surface area contributed by atoms with Crippen molar-refractivity contribution in [2.24, 2.45) is 4.99 Å². The molecule has 4 aromatic rings. The van der Waals surface area contributed by atoms with Gasteiger partial charge in [0.05, 0.1) is 5.02 Å². The first-order valence-electron chi connectivity index (χ1n) is 10.3. The van der Waals surface area contributed by atoms with E-state index in [2.05, 4.69) is 26.7 Å². The highest BCUT2D eigenvalue weighted by molar-refractivity contribution is 6.32. The molecule has 4 rings (SSSR count). The van der Waals surface area contributed by atoms with Crippen LogP contribution in [0.3, 0.4) is 0 Å². The normalized spacial score (nSPS) is 11.6. The largest absolute Gasteiger partial charge is 0.361 e. The second-order valence-electron chi connectivity index (χ2n) is 7.46. The Kier molecular flexibility index (Phi) is 6.96. The van der Waals surface area contributed by atoms with Crippen molar-refractivity contribution in [3.8, 4) is 0 Å².